The quantitative estimate of drug-likeness (QED) is 0.0541. The van der Waals surface area contributed by atoms with Crippen LogP contribution in [0.1, 0.15) is 178 Å². The maximum atomic E-state index is 10.4. The number of aryl methyl sites for hydroxylation is 2. The summed E-state index contributed by atoms with van der Waals surface area (Å²) in [7, 11) is 9.75. The minimum atomic E-state index is -0.787. The average molecular weight is 1220 g/mol. The van der Waals surface area contributed by atoms with E-state index in [-0.39, 0.29) is 0 Å². The molecule has 2 rings (SSSR count). The van der Waals surface area contributed by atoms with Gasteiger partial charge in [-0.05, 0) is 12.8 Å². The molecule has 0 heterocycles. The van der Waals surface area contributed by atoms with Gasteiger partial charge in [0.25, 0.3) is 0 Å². The Kier molecular flexibility index (Phi) is 42.8. The van der Waals surface area contributed by atoms with E-state index in [1.54, 1.807) is 28.5 Å². The van der Waals surface area contributed by atoms with Gasteiger partial charge >= 0.3 is 332 Å². The molecule has 0 amide bonds. The third kappa shape index (κ3) is 35.7. The van der Waals surface area contributed by atoms with Gasteiger partial charge in [-0.25, -0.2) is 0 Å². The molecule has 2 aromatic carbocycles. The second-order valence-electron chi connectivity index (χ2n) is 17.6. The van der Waals surface area contributed by atoms with E-state index in [4.69, 9.17) is 29.4 Å². The zero-order valence-corrected chi connectivity index (χ0v) is 50.8. The molecule has 0 saturated carbocycles. The van der Waals surface area contributed by atoms with Crippen LogP contribution in [0.4, 0.5) is 0 Å². The Hall–Kier alpha value is 0.843. The van der Waals surface area contributed by atoms with Crippen LogP contribution in [0.3, 0.4) is 0 Å². The van der Waals surface area contributed by atoms with E-state index >= 15 is 0 Å². The molecule has 0 aliphatic carbocycles. The number of benzene rings is 2. The topological polar surface area (TPSA) is 74.6 Å². The Morgan fingerprint density at radius 2 is 0.607 bits per heavy atom. The SMILES string of the molecule is C[As](C)c1ccc(CCCCCCCCCCCCCCC(=O)O)cc1[As](C)C.C[As](C)c1ccc(CCCCCCCCCCCCCCC(=O)O)cc1[As](C)C.[Cl][99Tc][Cl]. The Morgan fingerprint density at radius 1 is 0.393 bits per heavy atom. The maximum absolute atomic E-state index is 10.4. The summed E-state index contributed by atoms with van der Waals surface area (Å²) >= 11 is -3.57. The van der Waals surface area contributed by atoms with E-state index in [1.165, 1.54) is 141 Å². The van der Waals surface area contributed by atoms with Crippen molar-refractivity contribution in [1.29, 1.82) is 0 Å². The van der Waals surface area contributed by atoms with Crippen molar-refractivity contribution in [2.75, 3.05) is 0 Å². The van der Waals surface area contributed by atoms with Crippen molar-refractivity contribution >= 4 is 107 Å². The van der Waals surface area contributed by atoms with E-state index in [2.05, 4.69) is 82.1 Å². The van der Waals surface area contributed by atoms with Crippen LogP contribution in [0.15, 0.2) is 36.4 Å². The molecule has 0 radical (unpaired) electrons. The molecule has 2 aromatic rings. The zero-order valence-electron chi connectivity index (χ0n) is 39.9. The van der Waals surface area contributed by atoms with Gasteiger partial charge in [0.05, 0.1) is 0 Å². The predicted octanol–water partition coefficient (Wildman–Crippen LogP) is 14.0. The van der Waals surface area contributed by atoms with Gasteiger partial charge < -0.3 is 10.2 Å². The third-order valence-corrected chi connectivity index (χ3v) is 24.2. The van der Waals surface area contributed by atoms with Crippen LogP contribution in [0.5, 0.6) is 0 Å². The number of carbonyl (C=O) groups is 2. The van der Waals surface area contributed by atoms with E-state index in [0.29, 0.717) is 12.8 Å². The number of halogens is 2. The van der Waals surface area contributed by atoms with Crippen molar-refractivity contribution in [3.05, 3.63) is 47.5 Å². The fourth-order valence-corrected chi connectivity index (χ4v) is 24.2. The van der Waals surface area contributed by atoms with Gasteiger partial charge in [0.1, 0.15) is 0 Å². The third-order valence-electron chi connectivity index (χ3n) is 11.2. The summed E-state index contributed by atoms with van der Waals surface area (Å²) in [5, 5.41) is 17.2. The second-order valence-corrected chi connectivity index (χ2v) is 39.4. The summed E-state index contributed by atoms with van der Waals surface area (Å²) in [5.74, 6) is -1.31. The second kappa shape index (κ2) is 42.2. The molecule has 0 fully saturated rings. The first-order valence-corrected chi connectivity index (χ1v) is 47.1. The molecule has 0 aliphatic heterocycles. The first-order chi connectivity index (χ1) is 29.2. The zero-order chi connectivity index (χ0) is 45.7. The molecule has 0 bridgehead atoms. The first kappa shape index (κ1) is 61.8. The van der Waals surface area contributed by atoms with Crippen molar-refractivity contribution < 1.29 is 35.5 Å². The van der Waals surface area contributed by atoms with E-state index in [0.717, 1.165) is 25.7 Å². The van der Waals surface area contributed by atoms with Crippen LogP contribution in [0.2, 0.25) is 45.7 Å². The Balaban J connectivity index is 0.00000111. The van der Waals surface area contributed by atoms with Gasteiger partial charge in [-0.15, -0.1) is 0 Å². The summed E-state index contributed by atoms with van der Waals surface area (Å²) in [6, 6.07) is 14.9. The number of carboxylic acid groups (broad SMARTS) is 2. The van der Waals surface area contributed by atoms with Gasteiger partial charge in [0.2, 0.25) is 0 Å². The van der Waals surface area contributed by atoms with E-state index < -0.39 is 86.2 Å². The molecule has 0 saturated heterocycles. The molecule has 2 N–H and O–H groups in total. The fourth-order valence-electron chi connectivity index (χ4n) is 7.67. The predicted molar refractivity (Wildman–Crippen MR) is 276 cm³/mol. The van der Waals surface area contributed by atoms with Crippen LogP contribution in [0.25, 0.3) is 0 Å². The number of unbranched alkanes of at least 4 members (excludes halogenated alkanes) is 22. The fraction of sp³-hybridized carbons (Fsp3) is 0.720. The molecule has 0 atom stereocenters. The number of aliphatic carboxylic acids is 2. The summed E-state index contributed by atoms with van der Waals surface area (Å²) in [5.41, 5.74) is 22.9. The Bertz CT molecular complexity index is 1280. The normalized spacial score (nSPS) is 11.2. The molecule has 11 heteroatoms. The summed E-state index contributed by atoms with van der Waals surface area (Å²) in [4.78, 5) is 20.9. The van der Waals surface area contributed by atoms with Crippen LogP contribution in [0, 0.1) is 0 Å². The molecular weight excluding hydrogens is 1130 g/mol. The van der Waals surface area contributed by atoms with Crippen LogP contribution < -0.4 is 17.4 Å². The van der Waals surface area contributed by atoms with Crippen LogP contribution >= 0.6 is 19.2 Å². The average Bonchev–Trinajstić information content (AvgIpc) is 3.21. The standard InChI is InChI=1S/2C25H44As2O2.2ClH.Tc/c2*1-26(2)23-20-19-22(21-24(23)27(3)4)17-15-13-11-9-7-5-6-8-10-12-14-16-18-25(28)29;;;/h2*19-21H,5-18H2,1-4H3,(H,28,29);2*1H;/q;;;;+2/p-2/i;;;;1+1. The Morgan fingerprint density at radius 3 is 0.820 bits per heavy atom. The van der Waals surface area contributed by atoms with Gasteiger partial charge in [-0.2, -0.15) is 0 Å². The summed E-state index contributed by atoms with van der Waals surface area (Å²) < 4.78 is 6.96. The van der Waals surface area contributed by atoms with Crippen LogP contribution in [-0.2, 0) is 38.1 Å². The number of hydrogen-bond acceptors (Lipinski definition) is 2. The number of carboxylic acids is 2. The van der Waals surface area contributed by atoms with Crippen LogP contribution in [-0.4, -0.2) is 80.8 Å². The summed E-state index contributed by atoms with van der Waals surface area (Å²) in [6.07, 6.45) is 33.9. The molecule has 0 aromatic heterocycles. The Labute approximate surface area is 411 Å². The van der Waals surface area contributed by atoms with Crippen molar-refractivity contribution in [2.24, 2.45) is 0 Å². The monoisotopic (exact) mass is 1220 g/mol. The van der Waals surface area contributed by atoms with Gasteiger partial charge in [0, 0.05) is 12.8 Å². The van der Waals surface area contributed by atoms with Gasteiger partial charge in [0.15, 0.2) is 0 Å². The molecule has 353 valence electrons. The van der Waals surface area contributed by atoms with E-state index in [1.807, 2.05) is 0 Å². The summed E-state index contributed by atoms with van der Waals surface area (Å²) in [6.45, 7) is 0. The van der Waals surface area contributed by atoms with E-state index in [9.17, 15) is 9.59 Å². The van der Waals surface area contributed by atoms with Crippen molar-refractivity contribution in [2.45, 2.75) is 225 Å². The van der Waals surface area contributed by atoms with Crippen molar-refractivity contribution in [3.63, 3.8) is 0 Å². The molecule has 61 heavy (non-hydrogen) atoms. The molecule has 0 aliphatic rings. The number of rotatable bonds is 34. The van der Waals surface area contributed by atoms with Gasteiger partial charge in [-0.3, -0.25) is 9.59 Å². The van der Waals surface area contributed by atoms with Crippen molar-refractivity contribution in [3.8, 4) is 0 Å². The first-order valence-electron chi connectivity index (χ1n) is 23.5. The molecular formula is C50H88As4Cl2O4Tc. The van der Waals surface area contributed by atoms with Gasteiger partial charge in [-0.1, -0.05) is 38.5 Å². The molecule has 0 spiro atoms. The molecule has 4 nitrogen and oxygen atoms in total. The van der Waals surface area contributed by atoms with Crippen molar-refractivity contribution in [1.82, 2.24) is 0 Å². The minimum absolute atomic E-state index is 0.339. The molecule has 0 unspecified atom stereocenters. The number of hydrogen-bond donors (Lipinski definition) is 2.